The van der Waals surface area contributed by atoms with E-state index in [-0.39, 0.29) is 18.5 Å². The van der Waals surface area contributed by atoms with Crippen LogP contribution in [-0.4, -0.2) is 57.1 Å². The third kappa shape index (κ3) is 8.56. The van der Waals surface area contributed by atoms with E-state index in [2.05, 4.69) is 21.2 Å². The van der Waals surface area contributed by atoms with Crippen LogP contribution in [0.3, 0.4) is 0 Å². The van der Waals surface area contributed by atoms with Gasteiger partial charge in [-0.3, -0.25) is 13.9 Å². The maximum absolute atomic E-state index is 14.2. The van der Waals surface area contributed by atoms with E-state index in [1.54, 1.807) is 24.3 Å². The Morgan fingerprint density at radius 2 is 1.63 bits per heavy atom. The Kier molecular flexibility index (Phi) is 10.4. The topological polar surface area (TPSA) is 96.0 Å². The van der Waals surface area contributed by atoms with Gasteiger partial charge in [0.1, 0.15) is 18.3 Å². The van der Waals surface area contributed by atoms with Gasteiger partial charge in [0.2, 0.25) is 21.8 Å². The van der Waals surface area contributed by atoms with Gasteiger partial charge in [-0.1, -0.05) is 71.2 Å². The fourth-order valence-corrected chi connectivity index (χ4v) is 6.41. The molecule has 0 aliphatic heterocycles. The lowest BCUT2D eigenvalue weighted by Crippen LogP contribution is -2.54. The molecule has 1 aliphatic carbocycles. The monoisotopic (exact) mass is 641 g/mol. The second-order valence-corrected chi connectivity index (χ2v) is 13.1. The van der Waals surface area contributed by atoms with E-state index in [1.807, 2.05) is 54.6 Å². The molecule has 41 heavy (non-hydrogen) atoms. The zero-order valence-corrected chi connectivity index (χ0v) is 25.7. The van der Waals surface area contributed by atoms with Crippen molar-refractivity contribution >= 4 is 43.5 Å². The number of benzene rings is 3. The number of rotatable bonds is 12. The Balaban J connectivity index is 1.71. The molecule has 1 fully saturated rings. The summed E-state index contributed by atoms with van der Waals surface area (Å²) in [5, 5.41) is 3.17. The Bertz CT molecular complexity index is 1430. The van der Waals surface area contributed by atoms with Crippen molar-refractivity contribution in [3.05, 3.63) is 94.5 Å². The maximum Gasteiger partial charge on any atom is 0.244 e. The van der Waals surface area contributed by atoms with Crippen LogP contribution in [0.5, 0.6) is 5.75 Å². The van der Waals surface area contributed by atoms with Crippen LogP contribution in [0.15, 0.2) is 83.3 Å². The molecular formula is C31H36BrN3O5S. The zero-order chi connectivity index (χ0) is 29.4. The first kappa shape index (κ1) is 30.6. The van der Waals surface area contributed by atoms with E-state index >= 15 is 0 Å². The summed E-state index contributed by atoms with van der Waals surface area (Å²) in [6.45, 7) is -0.324. The molecule has 8 nitrogen and oxygen atoms in total. The second kappa shape index (κ2) is 14.0. The predicted octanol–water partition coefficient (Wildman–Crippen LogP) is 4.92. The third-order valence-corrected chi connectivity index (χ3v) is 8.89. The van der Waals surface area contributed by atoms with Crippen LogP contribution in [0.2, 0.25) is 0 Å². The Labute approximate surface area is 250 Å². The number of anilines is 1. The lowest BCUT2D eigenvalue weighted by molar-refractivity contribution is -0.140. The minimum Gasteiger partial charge on any atom is -0.497 e. The summed E-state index contributed by atoms with van der Waals surface area (Å²) in [4.78, 5) is 29.5. The van der Waals surface area contributed by atoms with Crippen LogP contribution in [0.4, 0.5) is 5.69 Å². The van der Waals surface area contributed by atoms with Crippen LogP contribution >= 0.6 is 15.9 Å². The first-order valence-corrected chi connectivity index (χ1v) is 16.3. The van der Waals surface area contributed by atoms with Crippen LogP contribution in [0, 0.1) is 0 Å². The number of hydrogen-bond acceptors (Lipinski definition) is 5. The number of sulfonamides is 1. The van der Waals surface area contributed by atoms with Crippen molar-refractivity contribution in [1.29, 1.82) is 0 Å². The summed E-state index contributed by atoms with van der Waals surface area (Å²) in [6, 6.07) is 22.8. The first-order valence-electron chi connectivity index (χ1n) is 13.6. The molecule has 218 valence electrons. The van der Waals surface area contributed by atoms with E-state index in [4.69, 9.17) is 4.74 Å². The minimum atomic E-state index is -3.83. The number of halogens is 1. The number of nitrogens with one attached hydrogen (secondary N) is 1. The van der Waals surface area contributed by atoms with Crippen molar-refractivity contribution in [3.63, 3.8) is 0 Å². The highest BCUT2D eigenvalue weighted by atomic mass is 79.9. The zero-order valence-electron chi connectivity index (χ0n) is 23.3. The molecule has 0 saturated heterocycles. The number of amides is 2. The number of carbonyl (C=O) groups excluding carboxylic acids is 2. The Hall–Kier alpha value is -3.37. The third-order valence-electron chi connectivity index (χ3n) is 7.25. The van der Waals surface area contributed by atoms with Crippen molar-refractivity contribution in [1.82, 2.24) is 10.2 Å². The average molecular weight is 643 g/mol. The molecule has 0 aromatic heterocycles. The summed E-state index contributed by atoms with van der Waals surface area (Å²) >= 11 is 3.50. The van der Waals surface area contributed by atoms with Gasteiger partial charge in [0, 0.05) is 23.5 Å². The van der Waals surface area contributed by atoms with Gasteiger partial charge in [0.05, 0.1) is 19.1 Å². The van der Waals surface area contributed by atoms with Gasteiger partial charge in [-0.2, -0.15) is 0 Å². The lowest BCUT2D eigenvalue weighted by atomic mass is 10.0. The number of carbonyl (C=O) groups is 2. The van der Waals surface area contributed by atoms with E-state index < -0.39 is 28.5 Å². The molecule has 0 radical (unpaired) electrons. The van der Waals surface area contributed by atoms with Crippen molar-refractivity contribution < 1.29 is 22.7 Å². The lowest BCUT2D eigenvalue weighted by Gasteiger charge is -2.34. The summed E-state index contributed by atoms with van der Waals surface area (Å²) in [7, 11) is -2.31. The van der Waals surface area contributed by atoms with Gasteiger partial charge >= 0.3 is 0 Å². The van der Waals surface area contributed by atoms with Crippen molar-refractivity contribution in [2.75, 3.05) is 24.2 Å². The number of methoxy groups -OCH3 is 1. The van der Waals surface area contributed by atoms with E-state index in [0.29, 0.717) is 17.9 Å². The summed E-state index contributed by atoms with van der Waals surface area (Å²) in [5.41, 5.74) is 2.05. The maximum atomic E-state index is 14.2. The Morgan fingerprint density at radius 3 is 2.24 bits per heavy atom. The van der Waals surface area contributed by atoms with Gasteiger partial charge < -0.3 is 15.0 Å². The standard InChI is InChI=1S/C31H36BrN3O5S/c1-40-28-17-15-27(16-18-28)35(41(2,38)39)22-30(36)34(21-24-11-8-12-25(32)19-24)29(20-23-9-4-3-5-10-23)31(37)33-26-13-6-7-14-26/h3-5,8-12,15-19,26,29H,6-7,13-14,20-22H2,1-2H3,(H,33,37)/t29-/m0/s1. The Morgan fingerprint density at radius 1 is 0.976 bits per heavy atom. The number of nitrogens with zero attached hydrogens (tertiary/aromatic N) is 2. The molecule has 4 rings (SSSR count). The van der Waals surface area contributed by atoms with E-state index in [9.17, 15) is 18.0 Å². The van der Waals surface area contributed by atoms with Crippen LogP contribution in [0.25, 0.3) is 0 Å². The predicted molar refractivity (Wildman–Crippen MR) is 164 cm³/mol. The molecule has 3 aromatic carbocycles. The summed E-state index contributed by atoms with van der Waals surface area (Å²) in [6.07, 6.45) is 5.28. The van der Waals surface area contributed by atoms with Crippen molar-refractivity contribution in [2.45, 2.75) is 50.7 Å². The summed E-state index contributed by atoms with van der Waals surface area (Å²) < 4.78 is 32.9. The van der Waals surface area contributed by atoms with Crippen LogP contribution < -0.4 is 14.4 Å². The van der Waals surface area contributed by atoms with Crippen molar-refractivity contribution in [3.8, 4) is 5.75 Å². The van der Waals surface area contributed by atoms with Crippen LogP contribution in [0.1, 0.15) is 36.8 Å². The van der Waals surface area contributed by atoms with Crippen LogP contribution in [-0.2, 0) is 32.6 Å². The quantitative estimate of drug-likeness (QED) is 0.303. The average Bonchev–Trinajstić information content (AvgIpc) is 3.46. The van der Waals surface area contributed by atoms with Crippen molar-refractivity contribution in [2.24, 2.45) is 0 Å². The second-order valence-electron chi connectivity index (χ2n) is 10.3. The summed E-state index contributed by atoms with van der Waals surface area (Å²) in [5.74, 6) is -0.149. The molecule has 1 aliphatic rings. The molecule has 1 atom stereocenters. The minimum absolute atomic E-state index is 0.0652. The molecular weight excluding hydrogens is 606 g/mol. The van der Waals surface area contributed by atoms with E-state index in [1.165, 1.54) is 12.0 Å². The molecule has 2 amide bonds. The molecule has 0 bridgehead atoms. The van der Waals surface area contributed by atoms with E-state index in [0.717, 1.165) is 51.8 Å². The largest absolute Gasteiger partial charge is 0.497 e. The highest BCUT2D eigenvalue weighted by Gasteiger charge is 2.34. The highest BCUT2D eigenvalue weighted by molar-refractivity contribution is 9.10. The number of ether oxygens (including phenoxy) is 1. The molecule has 1 saturated carbocycles. The molecule has 0 spiro atoms. The molecule has 1 N–H and O–H groups in total. The fourth-order valence-electron chi connectivity index (χ4n) is 5.12. The SMILES string of the molecule is COc1ccc(N(CC(=O)N(Cc2cccc(Br)c2)[C@@H](Cc2ccccc2)C(=O)NC2CCCC2)S(C)(=O)=O)cc1. The molecule has 0 unspecified atom stereocenters. The fraction of sp³-hybridized carbons (Fsp3) is 0.355. The molecule has 10 heteroatoms. The van der Waals surface area contributed by atoms with Gasteiger partial charge in [0.25, 0.3) is 0 Å². The normalized spacial score (nSPS) is 14.3. The van der Waals surface area contributed by atoms with Gasteiger partial charge in [-0.05, 0) is 60.4 Å². The van der Waals surface area contributed by atoms with Gasteiger partial charge in [-0.15, -0.1) is 0 Å². The molecule has 3 aromatic rings. The van der Waals surface area contributed by atoms with Gasteiger partial charge in [0.15, 0.2) is 0 Å². The smallest absolute Gasteiger partial charge is 0.244 e. The first-order chi connectivity index (χ1) is 19.6. The number of hydrogen-bond donors (Lipinski definition) is 1. The van der Waals surface area contributed by atoms with Gasteiger partial charge in [-0.25, -0.2) is 8.42 Å². The highest BCUT2D eigenvalue weighted by Crippen LogP contribution is 2.24. The molecule has 0 heterocycles.